The molecule has 1 aliphatic carbocycles. The van der Waals surface area contributed by atoms with Gasteiger partial charge in [0.2, 0.25) is 6.29 Å². The van der Waals surface area contributed by atoms with Crippen LogP contribution in [0.25, 0.3) is 0 Å². The van der Waals surface area contributed by atoms with Crippen LogP contribution in [0.1, 0.15) is 19.8 Å². The van der Waals surface area contributed by atoms with Gasteiger partial charge in [-0.2, -0.15) is 0 Å². The summed E-state index contributed by atoms with van der Waals surface area (Å²) in [6, 6.07) is 0. The molecule has 2 heterocycles. The summed E-state index contributed by atoms with van der Waals surface area (Å²) in [5.41, 5.74) is -0.925. The van der Waals surface area contributed by atoms with Crippen LogP contribution in [-0.4, -0.2) is 87.8 Å². The van der Waals surface area contributed by atoms with E-state index in [9.17, 15) is 30.3 Å². The van der Waals surface area contributed by atoms with Crippen LogP contribution < -0.4 is 0 Å². The Bertz CT molecular complexity index is 588. The molecule has 27 heavy (non-hydrogen) atoms. The summed E-state index contributed by atoms with van der Waals surface area (Å²) >= 11 is 0. The van der Waals surface area contributed by atoms with Gasteiger partial charge >= 0.3 is 5.97 Å². The Labute approximate surface area is 155 Å². The number of hydrogen-bond donors (Lipinski definition) is 5. The summed E-state index contributed by atoms with van der Waals surface area (Å²) in [7, 11) is 1.25. The summed E-state index contributed by atoms with van der Waals surface area (Å²) < 4.78 is 21.3. The van der Waals surface area contributed by atoms with E-state index in [0.717, 1.165) is 0 Å². The van der Waals surface area contributed by atoms with Crippen molar-refractivity contribution in [2.75, 3.05) is 13.7 Å². The van der Waals surface area contributed by atoms with Crippen molar-refractivity contribution in [2.45, 2.75) is 62.4 Å². The first-order chi connectivity index (χ1) is 12.7. The first kappa shape index (κ1) is 20.5. The van der Waals surface area contributed by atoms with E-state index < -0.39 is 61.1 Å². The largest absolute Gasteiger partial charge is 0.471 e. The number of esters is 1. The maximum absolute atomic E-state index is 12.0. The highest BCUT2D eigenvalue weighted by molar-refractivity contribution is 5.89. The molecular formula is C17H26O10. The highest BCUT2D eigenvalue weighted by Gasteiger charge is 2.56. The number of hydrogen-bond acceptors (Lipinski definition) is 10. The Hall–Kier alpha value is -1.27. The van der Waals surface area contributed by atoms with Crippen LogP contribution in [0.3, 0.4) is 0 Å². The first-order valence-corrected chi connectivity index (χ1v) is 8.83. The van der Waals surface area contributed by atoms with Gasteiger partial charge in [0.1, 0.15) is 24.4 Å². The number of fused-ring (bicyclic) bond motifs is 1. The molecule has 0 unspecified atom stereocenters. The van der Waals surface area contributed by atoms with Crippen LogP contribution in [0.5, 0.6) is 0 Å². The number of carbonyl (C=O) groups is 1. The van der Waals surface area contributed by atoms with Gasteiger partial charge in [0.05, 0.1) is 37.1 Å². The van der Waals surface area contributed by atoms with Crippen molar-refractivity contribution >= 4 is 5.97 Å². The normalized spacial score (nSPS) is 47.0. The third kappa shape index (κ3) is 3.58. The Morgan fingerprint density at radius 1 is 1.26 bits per heavy atom. The van der Waals surface area contributed by atoms with E-state index in [4.69, 9.17) is 18.9 Å². The molecule has 3 aliphatic rings. The minimum atomic E-state index is -1.60. The van der Waals surface area contributed by atoms with E-state index in [-0.39, 0.29) is 11.5 Å². The standard InChI is InChI=1S/C17H26O10/c1-17(23)4-3-7-8(14(22)24-2)6-25-15(10(7)17)27-16-13(21)12(20)11(19)9(5-18)26-16/h6-7,9-13,15-16,18-21,23H,3-5H2,1-2H3/t7-,9-,10-,11+,12+,13-,15+,16+,17+/m1/s1. The molecule has 1 saturated heterocycles. The minimum absolute atomic E-state index is 0.286. The van der Waals surface area contributed by atoms with Gasteiger partial charge in [-0.05, 0) is 19.8 Å². The van der Waals surface area contributed by atoms with Crippen molar-refractivity contribution < 1.29 is 49.3 Å². The van der Waals surface area contributed by atoms with Crippen molar-refractivity contribution in [3.63, 3.8) is 0 Å². The predicted molar refractivity (Wildman–Crippen MR) is 86.7 cm³/mol. The lowest BCUT2D eigenvalue weighted by molar-refractivity contribution is -0.346. The first-order valence-electron chi connectivity index (χ1n) is 8.83. The van der Waals surface area contributed by atoms with Crippen molar-refractivity contribution in [2.24, 2.45) is 11.8 Å². The Morgan fingerprint density at radius 2 is 1.96 bits per heavy atom. The van der Waals surface area contributed by atoms with Crippen LogP contribution in [-0.2, 0) is 23.7 Å². The lowest BCUT2D eigenvalue weighted by atomic mass is 9.81. The molecule has 5 N–H and O–H groups in total. The lowest BCUT2D eigenvalue weighted by Crippen LogP contribution is -2.60. The number of aliphatic hydroxyl groups is 5. The molecule has 0 aromatic rings. The van der Waals surface area contributed by atoms with Crippen LogP contribution in [0, 0.1) is 11.8 Å². The number of rotatable bonds is 4. The summed E-state index contributed by atoms with van der Waals surface area (Å²) in [5, 5.41) is 49.9. The summed E-state index contributed by atoms with van der Waals surface area (Å²) in [6.07, 6.45) is -6.19. The minimum Gasteiger partial charge on any atom is -0.471 e. The third-order valence-corrected chi connectivity index (χ3v) is 5.67. The average molecular weight is 390 g/mol. The third-order valence-electron chi connectivity index (χ3n) is 5.67. The molecule has 0 aromatic heterocycles. The van der Waals surface area contributed by atoms with Crippen molar-refractivity contribution in [1.29, 1.82) is 0 Å². The summed E-state index contributed by atoms with van der Waals surface area (Å²) in [6.45, 7) is 1.01. The molecule has 2 fully saturated rings. The second kappa shape index (κ2) is 7.63. The predicted octanol–water partition coefficient (Wildman–Crippen LogP) is -2.01. The molecular weight excluding hydrogens is 364 g/mol. The molecule has 9 atom stereocenters. The molecule has 2 aliphatic heterocycles. The number of ether oxygens (including phenoxy) is 4. The van der Waals surface area contributed by atoms with E-state index in [1.165, 1.54) is 13.4 Å². The van der Waals surface area contributed by atoms with Gasteiger partial charge in [-0.15, -0.1) is 0 Å². The van der Waals surface area contributed by atoms with Gasteiger partial charge in [-0.3, -0.25) is 0 Å². The highest BCUT2D eigenvalue weighted by Crippen LogP contribution is 2.49. The molecule has 3 rings (SSSR count). The molecule has 10 nitrogen and oxygen atoms in total. The van der Waals surface area contributed by atoms with Gasteiger partial charge in [-0.1, -0.05) is 0 Å². The van der Waals surface area contributed by atoms with Gasteiger partial charge in [0.25, 0.3) is 0 Å². The Morgan fingerprint density at radius 3 is 2.59 bits per heavy atom. The SMILES string of the molecule is COC(=O)C1=CO[C@@H](O[C@@H]2O[C@H](CO)[C@H](O)[C@H](O)[C@H]2O)[C@H]2[C@@H]1CC[C@]2(C)O. The molecule has 0 radical (unpaired) electrons. The average Bonchev–Trinajstić information content (AvgIpc) is 2.97. The monoisotopic (exact) mass is 390 g/mol. The molecule has 0 bridgehead atoms. The second-order valence-corrected chi connectivity index (χ2v) is 7.43. The van der Waals surface area contributed by atoms with E-state index >= 15 is 0 Å². The van der Waals surface area contributed by atoms with Crippen LogP contribution in [0.2, 0.25) is 0 Å². The van der Waals surface area contributed by atoms with Crippen molar-refractivity contribution in [3.8, 4) is 0 Å². The smallest absolute Gasteiger partial charge is 0.337 e. The Balaban J connectivity index is 1.82. The zero-order valence-electron chi connectivity index (χ0n) is 15.1. The van der Waals surface area contributed by atoms with E-state index in [1.807, 2.05) is 0 Å². The fourth-order valence-corrected chi connectivity index (χ4v) is 4.12. The maximum atomic E-state index is 12.0. The van der Waals surface area contributed by atoms with Crippen LogP contribution >= 0.6 is 0 Å². The van der Waals surface area contributed by atoms with Gasteiger partial charge < -0.3 is 44.5 Å². The van der Waals surface area contributed by atoms with E-state index in [0.29, 0.717) is 12.8 Å². The fourth-order valence-electron chi connectivity index (χ4n) is 4.12. The topological polar surface area (TPSA) is 155 Å². The molecule has 0 spiro atoms. The molecule has 1 saturated carbocycles. The summed E-state index contributed by atoms with van der Waals surface area (Å²) in [5.74, 6) is -1.59. The Kier molecular flexibility index (Phi) is 5.78. The molecule has 154 valence electrons. The number of aliphatic hydroxyl groups excluding tert-OH is 4. The molecule has 10 heteroatoms. The maximum Gasteiger partial charge on any atom is 0.337 e. The lowest BCUT2D eigenvalue weighted by Gasteiger charge is -2.44. The van der Waals surface area contributed by atoms with Crippen LogP contribution in [0.15, 0.2) is 11.8 Å². The number of methoxy groups -OCH3 is 1. The summed E-state index contributed by atoms with van der Waals surface area (Å²) in [4.78, 5) is 12.0. The zero-order valence-corrected chi connectivity index (χ0v) is 15.1. The van der Waals surface area contributed by atoms with Crippen LogP contribution in [0.4, 0.5) is 0 Å². The van der Waals surface area contributed by atoms with Gasteiger partial charge in [0.15, 0.2) is 6.29 Å². The van der Waals surface area contributed by atoms with Crippen molar-refractivity contribution in [3.05, 3.63) is 11.8 Å². The highest BCUT2D eigenvalue weighted by atomic mass is 16.8. The van der Waals surface area contributed by atoms with Crippen molar-refractivity contribution in [1.82, 2.24) is 0 Å². The zero-order chi connectivity index (χ0) is 19.9. The van der Waals surface area contributed by atoms with Gasteiger partial charge in [-0.25, -0.2) is 4.79 Å². The molecule has 0 aromatic carbocycles. The second-order valence-electron chi connectivity index (χ2n) is 7.43. The van der Waals surface area contributed by atoms with Gasteiger partial charge in [0, 0.05) is 5.92 Å². The fraction of sp³-hybridized carbons (Fsp3) is 0.824. The number of carbonyl (C=O) groups excluding carboxylic acids is 1. The molecule has 0 amide bonds. The quantitative estimate of drug-likeness (QED) is 0.340. The van der Waals surface area contributed by atoms with E-state index in [2.05, 4.69) is 0 Å². The van der Waals surface area contributed by atoms with E-state index in [1.54, 1.807) is 6.92 Å².